The molecule has 84 valence electrons. The first kappa shape index (κ1) is 12.0. The van der Waals surface area contributed by atoms with Crippen LogP contribution in [0.3, 0.4) is 0 Å². The monoisotopic (exact) mass is 197 g/mol. The Balaban J connectivity index is 2.41. The highest BCUT2D eigenvalue weighted by Gasteiger charge is 2.25. The average molecular weight is 197 g/mol. The number of nitrogens with one attached hydrogen (secondary N) is 1. The normalized spacial score (nSPS) is 28.7. The summed E-state index contributed by atoms with van der Waals surface area (Å²) in [5, 5.41) is 3.74. The maximum atomic E-state index is 3.74. The molecule has 0 aliphatic heterocycles. The Morgan fingerprint density at radius 3 is 2.29 bits per heavy atom. The van der Waals surface area contributed by atoms with E-state index in [4.69, 9.17) is 0 Å². The van der Waals surface area contributed by atoms with Crippen LogP contribution in [0.25, 0.3) is 0 Å². The largest absolute Gasteiger partial charge is 0.312 e. The van der Waals surface area contributed by atoms with Gasteiger partial charge in [0.15, 0.2) is 0 Å². The summed E-state index contributed by atoms with van der Waals surface area (Å²) >= 11 is 0. The van der Waals surface area contributed by atoms with Gasteiger partial charge >= 0.3 is 0 Å². The Morgan fingerprint density at radius 2 is 1.71 bits per heavy atom. The van der Waals surface area contributed by atoms with E-state index in [2.05, 4.69) is 33.0 Å². The van der Waals surface area contributed by atoms with E-state index in [9.17, 15) is 0 Å². The van der Waals surface area contributed by atoms with Crippen molar-refractivity contribution in [3.05, 3.63) is 0 Å². The van der Waals surface area contributed by atoms with E-state index in [1.807, 2.05) is 0 Å². The molecular weight excluding hydrogens is 170 g/mol. The van der Waals surface area contributed by atoms with Gasteiger partial charge in [-0.25, -0.2) is 0 Å². The standard InChI is InChI=1S/C13H27N/c1-10(2)9-12-7-5-6-8-13(12)14-11(3)4/h10-14H,5-9H2,1-4H3. The molecule has 0 spiro atoms. The molecule has 1 aliphatic rings. The van der Waals surface area contributed by atoms with Gasteiger partial charge in [0.1, 0.15) is 0 Å². The molecule has 1 heteroatoms. The van der Waals surface area contributed by atoms with Gasteiger partial charge in [-0.15, -0.1) is 0 Å². The summed E-state index contributed by atoms with van der Waals surface area (Å²) < 4.78 is 0. The lowest BCUT2D eigenvalue weighted by Gasteiger charge is -2.34. The Kier molecular flexibility index (Phi) is 4.94. The minimum absolute atomic E-state index is 0.646. The van der Waals surface area contributed by atoms with E-state index in [0.717, 1.165) is 17.9 Å². The molecule has 2 atom stereocenters. The van der Waals surface area contributed by atoms with Crippen LogP contribution >= 0.6 is 0 Å². The van der Waals surface area contributed by atoms with Gasteiger partial charge in [-0.3, -0.25) is 0 Å². The Labute approximate surface area is 89.7 Å². The van der Waals surface area contributed by atoms with Crippen LogP contribution < -0.4 is 5.32 Å². The quantitative estimate of drug-likeness (QED) is 0.726. The van der Waals surface area contributed by atoms with Crippen molar-refractivity contribution in [3.8, 4) is 0 Å². The van der Waals surface area contributed by atoms with Gasteiger partial charge in [-0.05, 0) is 31.1 Å². The predicted molar refractivity (Wildman–Crippen MR) is 63.5 cm³/mol. The van der Waals surface area contributed by atoms with E-state index in [0.29, 0.717) is 6.04 Å². The molecule has 0 bridgehead atoms. The van der Waals surface area contributed by atoms with Crippen molar-refractivity contribution in [2.45, 2.75) is 71.9 Å². The second-order valence-electron chi connectivity index (χ2n) is 5.60. The third-order valence-corrected chi connectivity index (χ3v) is 3.23. The summed E-state index contributed by atoms with van der Waals surface area (Å²) in [6, 6.07) is 1.44. The first-order chi connectivity index (χ1) is 6.59. The van der Waals surface area contributed by atoms with E-state index in [1.54, 1.807) is 0 Å². The van der Waals surface area contributed by atoms with E-state index in [-0.39, 0.29) is 0 Å². The SMILES string of the molecule is CC(C)CC1CCCCC1NC(C)C. The highest BCUT2D eigenvalue weighted by molar-refractivity contribution is 4.82. The molecule has 1 rings (SSSR count). The molecule has 0 radical (unpaired) electrons. The summed E-state index contributed by atoms with van der Waals surface area (Å²) in [5.41, 5.74) is 0. The maximum Gasteiger partial charge on any atom is 0.00977 e. The van der Waals surface area contributed by atoms with Crippen molar-refractivity contribution in [3.63, 3.8) is 0 Å². The second-order valence-corrected chi connectivity index (χ2v) is 5.60. The zero-order valence-corrected chi connectivity index (χ0v) is 10.3. The Bertz CT molecular complexity index is 133. The first-order valence-electron chi connectivity index (χ1n) is 6.35. The molecule has 0 amide bonds. The molecular formula is C13H27N. The summed E-state index contributed by atoms with van der Waals surface area (Å²) in [4.78, 5) is 0. The van der Waals surface area contributed by atoms with Crippen LogP contribution in [0.4, 0.5) is 0 Å². The van der Waals surface area contributed by atoms with Crippen LogP contribution in [0.1, 0.15) is 59.8 Å². The van der Waals surface area contributed by atoms with Gasteiger partial charge in [-0.1, -0.05) is 40.5 Å². The van der Waals surface area contributed by atoms with Gasteiger partial charge < -0.3 is 5.32 Å². The molecule has 1 N–H and O–H groups in total. The molecule has 0 aromatic rings. The van der Waals surface area contributed by atoms with E-state index < -0.39 is 0 Å². The van der Waals surface area contributed by atoms with Crippen molar-refractivity contribution >= 4 is 0 Å². The van der Waals surface area contributed by atoms with Crippen molar-refractivity contribution in [2.75, 3.05) is 0 Å². The van der Waals surface area contributed by atoms with Crippen molar-refractivity contribution in [2.24, 2.45) is 11.8 Å². The summed E-state index contributed by atoms with van der Waals surface area (Å²) in [6.07, 6.45) is 7.13. The summed E-state index contributed by atoms with van der Waals surface area (Å²) in [5.74, 6) is 1.79. The van der Waals surface area contributed by atoms with Crippen molar-refractivity contribution in [1.29, 1.82) is 0 Å². The third kappa shape index (κ3) is 4.00. The first-order valence-corrected chi connectivity index (χ1v) is 6.35. The molecule has 0 aromatic carbocycles. The van der Waals surface area contributed by atoms with Gasteiger partial charge in [0.25, 0.3) is 0 Å². The maximum absolute atomic E-state index is 3.74. The van der Waals surface area contributed by atoms with Crippen LogP contribution in [0.2, 0.25) is 0 Å². The second kappa shape index (κ2) is 5.75. The topological polar surface area (TPSA) is 12.0 Å². The van der Waals surface area contributed by atoms with Crippen LogP contribution in [-0.4, -0.2) is 12.1 Å². The summed E-state index contributed by atoms with van der Waals surface area (Å²) in [7, 11) is 0. The molecule has 0 heterocycles. The minimum atomic E-state index is 0.646. The molecule has 14 heavy (non-hydrogen) atoms. The number of rotatable bonds is 4. The highest BCUT2D eigenvalue weighted by Crippen LogP contribution is 2.29. The van der Waals surface area contributed by atoms with Crippen LogP contribution in [0.5, 0.6) is 0 Å². The minimum Gasteiger partial charge on any atom is -0.312 e. The lowest BCUT2D eigenvalue weighted by Crippen LogP contribution is -2.42. The fourth-order valence-corrected chi connectivity index (χ4v) is 2.74. The van der Waals surface area contributed by atoms with Gasteiger partial charge in [0.2, 0.25) is 0 Å². The van der Waals surface area contributed by atoms with E-state index >= 15 is 0 Å². The fourth-order valence-electron chi connectivity index (χ4n) is 2.74. The van der Waals surface area contributed by atoms with Gasteiger partial charge in [-0.2, -0.15) is 0 Å². The van der Waals surface area contributed by atoms with Crippen molar-refractivity contribution in [1.82, 2.24) is 5.32 Å². The highest BCUT2D eigenvalue weighted by atomic mass is 14.9. The molecule has 1 saturated carbocycles. The number of hydrogen-bond acceptors (Lipinski definition) is 1. The molecule has 1 fully saturated rings. The molecule has 1 aliphatic carbocycles. The fraction of sp³-hybridized carbons (Fsp3) is 1.00. The zero-order chi connectivity index (χ0) is 10.6. The molecule has 0 saturated heterocycles. The van der Waals surface area contributed by atoms with Gasteiger partial charge in [0, 0.05) is 12.1 Å². The van der Waals surface area contributed by atoms with Crippen LogP contribution in [-0.2, 0) is 0 Å². The Hall–Kier alpha value is -0.0400. The lowest BCUT2D eigenvalue weighted by atomic mass is 9.79. The molecule has 1 nitrogen and oxygen atoms in total. The third-order valence-electron chi connectivity index (χ3n) is 3.23. The lowest BCUT2D eigenvalue weighted by molar-refractivity contribution is 0.219. The van der Waals surface area contributed by atoms with Crippen molar-refractivity contribution < 1.29 is 0 Å². The Morgan fingerprint density at radius 1 is 1.07 bits per heavy atom. The predicted octanol–water partition coefficient (Wildman–Crippen LogP) is 3.59. The molecule has 2 unspecified atom stereocenters. The smallest absolute Gasteiger partial charge is 0.00977 e. The zero-order valence-electron chi connectivity index (χ0n) is 10.3. The molecule has 0 aromatic heterocycles. The number of hydrogen-bond donors (Lipinski definition) is 1. The average Bonchev–Trinajstić information content (AvgIpc) is 2.06. The van der Waals surface area contributed by atoms with Gasteiger partial charge in [0.05, 0.1) is 0 Å². The van der Waals surface area contributed by atoms with E-state index in [1.165, 1.54) is 32.1 Å². The van der Waals surface area contributed by atoms with Crippen LogP contribution in [0.15, 0.2) is 0 Å². The summed E-state index contributed by atoms with van der Waals surface area (Å²) in [6.45, 7) is 9.23. The van der Waals surface area contributed by atoms with Crippen LogP contribution in [0, 0.1) is 11.8 Å².